The average molecular weight is 218 g/mol. The maximum absolute atomic E-state index is 4.37. The molecule has 2 nitrogen and oxygen atoms in total. The van der Waals surface area contributed by atoms with Gasteiger partial charge in [-0.3, -0.25) is 4.57 Å². The smallest absolute Gasteiger partial charge is 0.137 e. The Balaban J connectivity index is 2.47. The van der Waals surface area contributed by atoms with Crippen molar-refractivity contribution in [3.8, 4) is 5.82 Å². The van der Waals surface area contributed by atoms with Crippen LogP contribution in [-0.2, 0) is 0 Å². The highest BCUT2D eigenvalue weighted by Gasteiger charge is 2.06. The van der Waals surface area contributed by atoms with Gasteiger partial charge in [-0.25, -0.2) is 4.98 Å². The minimum atomic E-state index is 0.996. The normalized spacial score (nSPS) is 10.5. The summed E-state index contributed by atoms with van der Waals surface area (Å²) in [6.45, 7) is 4.27. The Morgan fingerprint density at radius 1 is 1.27 bits per heavy atom. The van der Waals surface area contributed by atoms with Crippen LogP contribution in [-0.4, -0.2) is 15.3 Å². The van der Waals surface area contributed by atoms with Gasteiger partial charge in [-0.1, -0.05) is 13.0 Å². The van der Waals surface area contributed by atoms with Crippen molar-refractivity contribution in [2.45, 2.75) is 18.9 Å². The summed E-state index contributed by atoms with van der Waals surface area (Å²) in [5.41, 5.74) is 1.23. The molecular formula is C12H14N2S. The first-order valence-electron chi connectivity index (χ1n) is 5.05. The number of aromatic nitrogens is 2. The molecule has 0 aromatic carbocycles. The average Bonchev–Trinajstić information content (AvgIpc) is 2.62. The zero-order valence-corrected chi connectivity index (χ0v) is 9.79. The van der Waals surface area contributed by atoms with Crippen LogP contribution < -0.4 is 0 Å². The monoisotopic (exact) mass is 218 g/mol. The molecule has 0 atom stereocenters. The first-order chi connectivity index (χ1) is 7.33. The second-order valence-corrected chi connectivity index (χ2v) is 4.55. The fourth-order valence-electron chi connectivity index (χ4n) is 1.55. The summed E-state index contributed by atoms with van der Waals surface area (Å²) in [4.78, 5) is 4.37. The lowest BCUT2D eigenvalue weighted by Gasteiger charge is -2.09. The second kappa shape index (κ2) is 4.53. The fourth-order valence-corrected chi connectivity index (χ4v) is 2.38. The van der Waals surface area contributed by atoms with Crippen LogP contribution in [0.25, 0.3) is 5.82 Å². The van der Waals surface area contributed by atoms with Gasteiger partial charge in [0.15, 0.2) is 0 Å². The van der Waals surface area contributed by atoms with Gasteiger partial charge in [0.05, 0.1) is 5.03 Å². The Kier molecular flexibility index (Phi) is 3.11. The van der Waals surface area contributed by atoms with E-state index in [0.717, 1.165) is 11.6 Å². The van der Waals surface area contributed by atoms with Crippen LogP contribution in [0.1, 0.15) is 12.6 Å². The van der Waals surface area contributed by atoms with Crippen LogP contribution in [0.4, 0.5) is 0 Å². The molecule has 3 heteroatoms. The van der Waals surface area contributed by atoms with Gasteiger partial charge in [-0.05, 0) is 36.9 Å². The molecule has 0 saturated heterocycles. The summed E-state index contributed by atoms with van der Waals surface area (Å²) in [5.74, 6) is 2.08. The number of aryl methyl sites for hydroxylation is 1. The molecule has 2 aromatic heterocycles. The third-order valence-electron chi connectivity index (χ3n) is 2.21. The van der Waals surface area contributed by atoms with Gasteiger partial charge in [0.1, 0.15) is 5.82 Å². The van der Waals surface area contributed by atoms with Crippen molar-refractivity contribution in [2.75, 3.05) is 5.75 Å². The highest BCUT2D eigenvalue weighted by Crippen LogP contribution is 2.24. The molecule has 0 aliphatic heterocycles. The molecule has 0 bridgehead atoms. The van der Waals surface area contributed by atoms with E-state index in [9.17, 15) is 0 Å². The van der Waals surface area contributed by atoms with E-state index < -0.39 is 0 Å². The van der Waals surface area contributed by atoms with Crippen LogP contribution in [0.3, 0.4) is 0 Å². The van der Waals surface area contributed by atoms with Crippen molar-refractivity contribution in [3.63, 3.8) is 0 Å². The van der Waals surface area contributed by atoms with Crippen LogP contribution in [0.15, 0.2) is 41.6 Å². The summed E-state index contributed by atoms with van der Waals surface area (Å²) >= 11 is 1.84. The molecule has 0 saturated carbocycles. The SMILES string of the molecule is CCSc1ccc(C)n1-c1ccccn1. The van der Waals surface area contributed by atoms with Gasteiger partial charge in [-0.15, -0.1) is 11.8 Å². The van der Waals surface area contributed by atoms with Crippen molar-refractivity contribution in [2.24, 2.45) is 0 Å². The minimum Gasteiger partial charge on any atom is -0.293 e. The van der Waals surface area contributed by atoms with Crippen LogP contribution >= 0.6 is 11.8 Å². The molecule has 2 rings (SSSR count). The highest BCUT2D eigenvalue weighted by atomic mass is 32.2. The molecule has 0 aliphatic rings. The number of rotatable bonds is 3. The lowest BCUT2D eigenvalue weighted by atomic mass is 10.4. The first kappa shape index (κ1) is 10.3. The lowest BCUT2D eigenvalue weighted by Crippen LogP contribution is -2.00. The van der Waals surface area contributed by atoms with E-state index in [1.807, 2.05) is 36.2 Å². The summed E-state index contributed by atoms with van der Waals surface area (Å²) in [5, 5.41) is 1.26. The Bertz CT molecular complexity index is 434. The Hall–Kier alpha value is -1.22. The van der Waals surface area contributed by atoms with Gasteiger partial charge < -0.3 is 0 Å². The van der Waals surface area contributed by atoms with E-state index in [-0.39, 0.29) is 0 Å². The maximum atomic E-state index is 4.37. The molecule has 0 spiro atoms. The zero-order chi connectivity index (χ0) is 10.7. The Labute approximate surface area is 94.3 Å². The molecule has 0 unspecified atom stereocenters. The summed E-state index contributed by atoms with van der Waals surface area (Å²) < 4.78 is 2.19. The molecule has 78 valence electrons. The summed E-state index contributed by atoms with van der Waals surface area (Å²) in [6.07, 6.45) is 1.83. The van der Waals surface area contributed by atoms with Gasteiger partial charge in [0.2, 0.25) is 0 Å². The highest BCUT2D eigenvalue weighted by molar-refractivity contribution is 7.99. The van der Waals surface area contributed by atoms with Crippen LogP contribution in [0, 0.1) is 6.92 Å². The topological polar surface area (TPSA) is 17.8 Å². The molecule has 2 heterocycles. The van der Waals surface area contributed by atoms with Crippen molar-refractivity contribution in [1.29, 1.82) is 0 Å². The van der Waals surface area contributed by atoms with Gasteiger partial charge >= 0.3 is 0 Å². The largest absolute Gasteiger partial charge is 0.293 e. The quantitative estimate of drug-likeness (QED) is 0.736. The Morgan fingerprint density at radius 3 is 2.80 bits per heavy atom. The fraction of sp³-hybridized carbons (Fsp3) is 0.250. The predicted molar refractivity (Wildman–Crippen MR) is 64.7 cm³/mol. The van der Waals surface area contributed by atoms with Gasteiger partial charge in [0, 0.05) is 11.9 Å². The molecule has 0 aliphatic carbocycles. The van der Waals surface area contributed by atoms with Crippen molar-refractivity contribution >= 4 is 11.8 Å². The number of hydrogen-bond donors (Lipinski definition) is 0. The number of hydrogen-bond acceptors (Lipinski definition) is 2. The lowest BCUT2D eigenvalue weighted by molar-refractivity contribution is 0.876. The minimum absolute atomic E-state index is 0.996. The van der Waals surface area contributed by atoms with E-state index in [4.69, 9.17) is 0 Å². The van der Waals surface area contributed by atoms with Crippen molar-refractivity contribution < 1.29 is 0 Å². The second-order valence-electron chi connectivity index (χ2n) is 3.27. The molecule has 0 N–H and O–H groups in total. The van der Waals surface area contributed by atoms with E-state index in [0.29, 0.717) is 0 Å². The summed E-state index contributed by atoms with van der Waals surface area (Å²) in [7, 11) is 0. The number of pyridine rings is 1. The van der Waals surface area contributed by atoms with E-state index >= 15 is 0 Å². The van der Waals surface area contributed by atoms with Crippen LogP contribution in [0.5, 0.6) is 0 Å². The van der Waals surface area contributed by atoms with Gasteiger partial charge in [0.25, 0.3) is 0 Å². The molecule has 0 fully saturated rings. The molecule has 0 radical (unpaired) electrons. The number of nitrogens with zero attached hydrogens (tertiary/aromatic N) is 2. The Morgan fingerprint density at radius 2 is 2.13 bits per heavy atom. The predicted octanol–water partition coefficient (Wildman–Crippen LogP) is 3.29. The van der Waals surface area contributed by atoms with Gasteiger partial charge in [-0.2, -0.15) is 0 Å². The zero-order valence-electron chi connectivity index (χ0n) is 8.97. The molecule has 15 heavy (non-hydrogen) atoms. The van der Waals surface area contributed by atoms with Crippen molar-refractivity contribution in [1.82, 2.24) is 9.55 Å². The molecule has 0 amide bonds. The number of thioether (sulfide) groups is 1. The van der Waals surface area contributed by atoms with Crippen LogP contribution in [0.2, 0.25) is 0 Å². The van der Waals surface area contributed by atoms with E-state index in [2.05, 4.69) is 35.5 Å². The van der Waals surface area contributed by atoms with Crippen molar-refractivity contribution in [3.05, 3.63) is 42.2 Å². The first-order valence-corrected chi connectivity index (χ1v) is 6.04. The third kappa shape index (κ3) is 2.07. The van der Waals surface area contributed by atoms with E-state index in [1.54, 1.807) is 0 Å². The third-order valence-corrected chi connectivity index (χ3v) is 3.11. The molecular weight excluding hydrogens is 204 g/mol. The van der Waals surface area contributed by atoms with E-state index in [1.165, 1.54) is 10.7 Å². The molecule has 2 aromatic rings. The standard InChI is InChI=1S/C12H14N2S/c1-3-15-12-8-7-10(2)14(12)11-6-4-5-9-13-11/h4-9H,3H2,1-2H3. The maximum Gasteiger partial charge on any atom is 0.137 e. The summed E-state index contributed by atoms with van der Waals surface area (Å²) in [6, 6.07) is 10.3.